The van der Waals surface area contributed by atoms with Crippen LogP contribution >= 0.6 is 0 Å². The lowest BCUT2D eigenvalue weighted by Gasteiger charge is -2.10. The van der Waals surface area contributed by atoms with Crippen LogP contribution in [0.5, 0.6) is 5.75 Å². The minimum Gasteiger partial charge on any atom is -0.490 e. The van der Waals surface area contributed by atoms with E-state index in [2.05, 4.69) is 15.5 Å². The third-order valence-corrected chi connectivity index (χ3v) is 4.29. The number of hydrogen-bond donors (Lipinski definition) is 2. The van der Waals surface area contributed by atoms with Crippen molar-refractivity contribution in [1.29, 1.82) is 0 Å². The first-order valence-corrected chi connectivity index (χ1v) is 8.56. The van der Waals surface area contributed by atoms with Crippen molar-refractivity contribution >= 4 is 27.8 Å². The Labute approximate surface area is 150 Å². The average Bonchev–Trinajstić information content (AvgIpc) is 3.27. The molecule has 0 bridgehead atoms. The highest BCUT2D eigenvalue weighted by Gasteiger charge is 2.20. The fraction of sp³-hybridized carbons (Fsp3) is 0.200. The van der Waals surface area contributed by atoms with Crippen molar-refractivity contribution in [2.45, 2.75) is 19.9 Å². The summed E-state index contributed by atoms with van der Waals surface area (Å²) < 4.78 is 11.6. The number of aromatic amines is 1. The molecule has 26 heavy (non-hydrogen) atoms. The van der Waals surface area contributed by atoms with Crippen molar-refractivity contribution in [1.82, 2.24) is 15.5 Å². The van der Waals surface area contributed by atoms with Crippen LogP contribution in [-0.4, -0.2) is 22.7 Å². The first-order chi connectivity index (χ1) is 12.7. The topological polar surface area (TPSA) is 80.1 Å². The monoisotopic (exact) mass is 349 g/mol. The molecule has 132 valence electrons. The predicted octanol–water partition coefficient (Wildman–Crippen LogP) is 4.20. The van der Waals surface area contributed by atoms with Crippen LogP contribution < -0.4 is 10.1 Å². The van der Waals surface area contributed by atoms with E-state index in [1.54, 1.807) is 0 Å². The second-order valence-corrected chi connectivity index (χ2v) is 6.07. The molecule has 2 heterocycles. The minimum atomic E-state index is -0.306. The molecule has 0 fully saturated rings. The molecule has 2 N–H and O–H groups in total. The Morgan fingerprint density at radius 3 is 2.96 bits per heavy atom. The summed E-state index contributed by atoms with van der Waals surface area (Å²) in [5.41, 5.74) is 1.89. The van der Waals surface area contributed by atoms with Gasteiger partial charge in [-0.25, -0.2) is 0 Å². The molecule has 0 saturated carbocycles. The molecule has 2 aromatic carbocycles. The van der Waals surface area contributed by atoms with Crippen LogP contribution in [0, 0.1) is 0 Å². The number of amides is 1. The van der Waals surface area contributed by atoms with Gasteiger partial charge in [0.1, 0.15) is 5.76 Å². The van der Waals surface area contributed by atoms with E-state index in [0.717, 1.165) is 16.3 Å². The van der Waals surface area contributed by atoms with E-state index >= 15 is 0 Å². The molecular formula is C20H19N3O3. The van der Waals surface area contributed by atoms with Crippen molar-refractivity contribution in [2.24, 2.45) is 0 Å². The van der Waals surface area contributed by atoms with Crippen molar-refractivity contribution in [3.05, 3.63) is 60.0 Å². The zero-order valence-corrected chi connectivity index (χ0v) is 14.6. The Hall–Kier alpha value is -3.28. The molecule has 0 saturated heterocycles. The van der Waals surface area contributed by atoms with Gasteiger partial charge in [0.15, 0.2) is 17.0 Å². The van der Waals surface area contributed by atoms with Crippen molar-refractivity contribution in [3.8, 4) is 5.75 Å². The van der Waals surface area contributed by atoms with Crippen LogP contribution in [0.1, 0.15) is 36.1 Å². The first kappa shape index (κ1) is 16.2. The normalized spacial score (nSPS) is 12.4. The van der Waals surface area contributed by atoms with Crippen molar-refractivity contribution in [2.75, 3.05) is 6.61 Å². The van der Waals surface area contributed by atoms with Crippen LogP contribution in [0.2, 0.25) is 0 Å². The molecule has 6 heteroatoms. The number of H-pyrrole nitrogens is 1. The first-order valence-electron chi connectivity index (χ1n) is 8.56. The van der Waals surface area contributed by atoms with E-state index in [1.165, 1.54) is 0 Å². The zero-order chi connectivity index (χ0) is 18.1. The van der Waals surface area contributed by atoms with E-state index in [9.17, 15) is 4.79 Å². The van der Waals surface area contributed by atoms with Crippen molar-refractivity contribution < 1.29 is 13.9 Å². The highest BCUT2D eigenvalue weighted by molar-refractivity contribution is 6.04. The summed E-state index contributed by atoms with van der Waals surface area (Å²) in [5, 5.41) is 11.7. The van der Waals surface area contributed by atoms with Gasteiger partial charge in [0, 0.05) is 10.8 Å². The molecule has 4 aromatic rings. The molecular weight excluding hydrogens is 330 g/mol. The fourth-order valence-corrected chi connectivity index (χ4v) is 3.01. The van der Waals surface area contributed by atoms with Gasteiger partial charge in [-0.05, 0) is 32.0 Å². The second-order valence-electron chi connectivity index (χ2n) is 6.07. The number of ether oxygens (including phenoxy) is 1. The molecule has 1 atom stereocenters. The van der Waals surface area contributed by atoms with Gasteiger partial charge in [-0.2, -0.15) is 5.10 Å². The molecule has 0 unspecified atom stereocenters. The lowest BCUT2D eigenvalue weighted by molar-refractivity contribution is 0.0932. The summed E-state index contributed by atoms with van der Waals surface area (Å²) in [6.45, 7) is 4.37. The smallest absolute Gasteiger partial charge is 0.273 e. The van der Waals surface area contributed by atoms with Gasteiger partial charge in [0.05, 0.1) is 18.2 Å². The van der Waals surface area contributed by atoms with Crippen LogP contribution in [0.3, 0.4) is 0 Å². The van der Waals surface area contributed by atoms with Gasteiger partial charge >= 0.3 is 0 Å². The molecule has 0 spiro atoms. The number of para-hydroxylation sites is 2. The number of carbonyl (C=O) groups is 1. The maximum Gasteiger partial charge on any atom is 0.273 e. The summed E-state index contributed by atoms with van der Waals surface area (Å²) in [6.07, 6.45) is 0. The number of carbonyl (C=O) groups excluding carboxylic acids is 1. The molecule has 0 radical (unpaired) electrons. The summed E-state index contributed by atoms with van der Waals surface area (Å²) >= 11 is 0. The Balaban J connectivity index is 1.60. The number of furan rings is 1. The van der Waals surface area contributed by atoms with Gasteiger partial charge < -0.3 is 14.5 Å². The quantitative estimate of drug-likeness (QED) is 0.566. The number of fused-ring (bicyclic) bond motifs is 2. The second kappa shape index (κ2) is 6.55. The van der Waals surface area contributed by atoms with E-state index in [4.69, 9.17) is 9.15 Å². The third kappa shape index (κ3) is 2.79. The molecule has 0 aliphatic carbocycles. The van der Waals surface area contributed by atoms with Crippen LogP contribution in [-0.2, 0) is 0 Å². The van der Waals surface area contributed by atoms with Gasteiger partial charge in [-0.1, -0.05) is 30.3 Å². The lowest BCUT2D eigenvalue weighted by Crippen LogP contribution is -2.26. The highest BCUT2D eigenvalue weighted by Crippen LogP contribution is 2.31. The molecule has 6 nitrogen and oxygen atoms in total. The fourth-order valence-electron chi connectivity index (χ4n) is 3.01. The molecule has 4 rings (SSSR count). The maximum absolute atomic E-state index is 12.6. The van der Waals surface area contributed by atoms with Gasteiger partial charge in [-0.3, -0.25) is 9.89 Å². The third-order valence-electron chi connectivity index (χ3n) is 4.29. The SMILES string of the molecule is CCOc1cccc2cc([C@@H](C)NC(=O)c3n[nH]c4ccccc34)oc12. The summed E-state index contributed by atoms with van der Waals surface area (Å²) in [5.74, 6) is 1.12. The maximum atomic E-state index is 12.6. The van der Waals surface area contributed by atoms with Crippen LogP contribution in [0.4, 0.5) is 0 Å². The van der Waals surface area contributed by atoms with Crippen molar-refractivity contribution in [3.63, 3.8) is 0 Å². The van der Waals surface area contributed by atoms with E-state index in [-0.39, 0.29) is 11.9 Å². The number of nitrogens with zero attached hydrogens (tertiary/aromatic N) is 1. The predicted molar refractivity (Wildman–Crippen MR) is 99.4 cm³/mol. The largest absolute Gasteiger partial charge is 0.490 e. The molecule has 2 aromatic heterocycles. The Morgan fingerprint density at radius 2 is 2.12 bits per heavy atom. The number of aromatic nitrogens is 2. The van der Waals surface area contributed by atoms with Gasteiger partial charge in [0.2, 0.25) is 0 Å². The van der Waals surface area contributed by atoms with Crippen LogP contribution in [0.15, 0.2) is 52.9 Å². The number of hydrogen-bond acceptors (Lipinski definition) is 4. The standard InChI is InChI=1S/C20H19N3O3/c1-3-25-16-10-6-7-13-11-17(26-19(13)16)12(2)21-20(24)18-14-8-4-5-9-15(14)22-23-18/h4-12H,3H2,1-2H3,(H,21,24)(H,22,23)/t12-/m1/s1. The molecule has 0 aliphatic rings. The zero-order valence-electron chi connectivity index (χ0n) is 14.6. The Kier molecular flexibility index (Phi) is 4.08. The summed E-state index contributed by atoms with van der Waals surface area (Å²) in [4.78, 5) is 12.6. The van der Waals surface area contributed by atoms with Gasteiger partial charge in [-0.15, -0.1) is 0 Å². The average molecular weight is 349 g/mol. The van der Waals surface area contributed by atoms with E-state index in [0.29, 0.717) is 29.4 Å². The molecule has 0 aliphatic heterocycles. The van der Waals surface area contributed by atoms with Gasteiger partial charge in [0.25, 0.3) is 5.91 Å². The van der Waals surface area contributed by atoms with E-state index < -0.39 is 0 Å². The summed E-state index contributed by atoms with van der Waals surface area (Å²) in [6, 6.07) is 14.9. The number of nitrogens with one attached hydrogen (secondary N) is 2. The van der Waals surface area contributed by atoms with Crippen LogP contribution in [0.25, 0.3) is 21.9 Å². The number of rotatable bonds is 5. The Bertz CT molecular complexity index is 1080. The molecule has 1 amide bonds. The summed E-state index contributed by atoms with van der Waals surface area (Å²) in [7, 11) is 0. The Morgan fingerprint density at radius 1 is 1.27 bits per heavy atom. The number of benzene rings is 2. The minimum absolute atomic E-state index is 0.250. The lowest BCUT2D eigenvalue weighted by atomic mass is 10.2. The highest BCUT2D eigenvalue weighted by atomic mass is 16.5. The van der Waals surface area contributed by atoms with E-state index in [1.807, 2.05) is 62.4 Å².